The molecule has 2 fully saturated rings. The van der Waals surface area contributed by atoms with Gasteiger partial charge in [-0.1, -0.05) is 51.1 Å². The van der Waals surface area contributed by atoms with Crippen LogP contribution >= 0.6 is 0 Å². The van der Waals surface area contributed by atoms with Crippen LogP contribution in [0.1, 0.15) is 51.6 Å². The van der Waals surface area contributed by atoms with E-state index in [0.717, 1.165) is 24.4 Å². The number of hydrogen-bond acceptors (Lipinski definition) is 2. The summed E-state index contributed by atoms with van der Waals surface area (Å²) in [4.78, 5) is 2.81. The van der Waals surface area contributed by atoms with Crippen LogP contribution in [0.5, 0.6) is 0 Å². The number of nitrogens with zero attached hydrogens (tertiary/aromatic N) is 1. The lowest BCUT2D eigenvalue weighted by Crippen LogP contribution is -2.57. The van der Waals surface area contributed by atoms with Crippen LogP contribution in [0, 0.1) is 11.8 Å². The van der Waals surface area contributed by atoms with E-state index in [-0.39, 0.29) is 0 Å². The van der Waals surface area contributed by atoms with Gasteiger partial charge in [-0.2, -0.15) is 0 Å². The lowest BCUT2D eigenvalue weighted by atomic mass is 9.92. The Kier molecular flexibility index (Phi) is 4.66. The van der Waals surface area contributed by atoms with Crippen LogP contribution in [0.25, 0.3) is 0 Å². The number of rotatable bonds is 5. The van der Waals surface area contributed by atoms with Gasteiger partial charge in [-0.25, -0.2) is 0 Å². The fourth-order valence-electron chi connectivity index (χ4n) is 4.05. The minimum absolute atomic E-state index is 0.536. The summed E-state index contributed by atoms with van der Waals surface area (Å²) in [6.45, 7) is 9.44. The van der Waals surface area contributed by atoms with Crippen molar-refractivity contribution in [3.8, 4) is 0 Å². The van der Waals surface area contributed by atoms with E-state index in [1.54, 1.807) is 0 Å². The molecule has 1 saturated heterocycles. The maximum absolute atomic E-state index is 3.84. The average molecular weight is 286 g/mol. The highest BCUT2D eigenvalue weighted by Crippen LogP contribution is 2.38. The molecule has 1 aromatic carbocycles. The molecule has 3 unspecified atom stereocenters. The van der Waals surface area contributed by atoms with Crippen molar-refractivity contribution in [2.45, 2.75) is 58.2 Å². The third kappa shape index (κ3) is 3.32. The summed E-state index contributed by atoms with van der Waals surface area (Å²) in [6, 6.07) is 13.0. The molecule has 3 rings (SSSR count). The van der Waals surface area contributed by atoms with Crippen LogP contribution in [-0.2, 0) is 0 Å². The molecule has 0 radical (unpaired) electrons. The van der Waals surface area contributed by atoms with Gasteiger partial charge in [-0.15, -0.1) is 0 Å². The summed E-state index contributed by atoms with van der Waals surface area (Å²) in [6.07, 6.45) is 4.11. The molecular formula is C19H30N2. The predicted octanol–water partition coefficient (Wildman–Crippen LogP) is 3.85. The van der Waals surface area contributed by atoms with Gasteiger partial charge in [0.1, 0.15) is 0 Å². The molecule has 0 amide bonds. The predicted molar refractivity (Wildman–Crippen MR) is 89.3 cm³/mol. The second-order valence-electron chi connectivity index (χ2n) is 7.20. The van der Waals surface area contributed by atoms with E-state index in [2.05, 4.69) is 61.3 Å². The summed E-state index contributed by atoms with van der Waals surface area (Å²) in [5, 5.41) is 3.84. The van der Waals surface area contributed by atoms with E-state index in [1.165, 1.54) is 31.4 Å². The quantitative estimate of drug-likeness (QED) is 0.884. The SMILES string of the molecule is CCC(C(C)C)N1CC(C2CC2)NCC1c1ccccc1. The Morgan fingerprint density at radius 2 is 1.90 bits per heavy atom. The number of piperazine rings is 1. The van der Waals surface area contributed by atoms with Gasteiger partial charge in [0, 0.05) is 31.2 Å². The monoisotopic (exact) mass is 286 g/mol. The highest BCUT2D eigenvalue weighted by Gasteiger charge is 2.40. The second-order valence-corrected chi connectivity index (χ2v) is 7.20. The van der Waals surface area contributed by atoms with Gasteiger partial charge in [-0.05, 0) is 36.7 Å². The van der Waals surface area contributed by atoms with Crippen molar-refractivity contribution in [2.75, 3.05) is 13.1 Å². The molecule has 21 heavy (non-hydrogen) atoms. The van der Waals surface area contributed by atoms with Crippen LogP contribution in [0.4, 0.5) is 0 Å². The topological polar surface area (TPSA) is 15.3 Å². The molecule has 2 nitrogen and oxygen atoms in total. The van der Waals surface area contributed by atoms with Crippen LogP contribution in [0.15, 0.2) is 30.3 Å². The minimum atomic E-state index is 0.536. The Morgan fingerprint density at radius 3 is 2.48 bits per heavy atom. The van der Waals surface area contributed by atoms with Gasteiger partial charge in [0.25, 0.3) is 0 Å². The summed E-state index contributed by atoms with van der Waals surface area (Å²) in [7, 11) is 0. The fourth-order valence-corrected chi connectivity index (χ4v) is 4.05. The Morgan fingerprint density at radius 1 is 1.19 bits per heavy atom. The molecule has 1 N–H and O–H groups in total. The summed E-state index contributed by atoms with van der Waals surface area (Å²) in [5.74, 6) is 1.66. The molecular weight excluding hydrogens is 256 g/mol. The van der Waals surface area contributed by atoms with E-state index >= 15 is 0 Å². The third-order valence-corrected chi connectivity index (χ3v) is 5.37. The van der Waals surface area contributed by atoms with E-state index in [0.29, 0.717) is 12.1 Å². The van der Waals surface area contributed by atoms with Crippen LogP contribution < -0.4 is 5.32 Å². The van der Waals surface area contributed by atoms with Crippen molar-refractivity contribution < 1.29 is 0 Å². The van der Waals surface area contributed by atoms with Gasteiger partial charge in [-0.3, -0.25) is 4.90 Å². The zero-order valence-electron chi connectivity index (χ0n) is 13.8. The van der Waals surface area contributed by atoms with Crippen molar-refractivity contribution in [3.05, 3.63) is 35.9 Å². The highest BCUT2D eigenvalue weighted by molar-refractivity contribution is 5.21. The average Bonchev–Trinajstić information content (AvgIpc) is 3.33. The van der Waals surface area contributed by atoms with Gasteiger partial charge in [0.15, 0.2) is 0 Å². The zero-order valence-corrected chi connectivity index (χ0v) is 13.8. The summed E-state index contributed by atoms with van der Waals surface area (Å²) < 4.78 is 0. The summed E-state index contributed by atoms with van der Waals surface area (Å²) in [5.41, 5.74) is 1.47. The molecule has 0 bridgehead atoms. The molecule has 1 aliphatic heterocycles. The maximum atomic E-state index is 3.84. The smallest absolute Gasteiger partial charge is 0.0476 e. The maximum Gasteiger partial charge on any atom is 0.0476 e. The Bertz CT molecular complexity index is 438. The molecule has 2 heteroatoms. The van der Waals surface area contributed by atoms with Gasteiger partial charge >= 0.3 is 0 Å². The molecule has 1 heterocycles. The lowest BCUT2D eigenvalue weighted by molar-refractivity contribution is 0.0507. The molecule has 1 saturated carbocycles. The first-order valence-electron chi connectivity index (χ1n) is 8.74. The fraction of sp³-hybridized carbons (Fsp3) is 0.684. The van der Waals surface area contributed by atoms with Gasteiger partial charge in [0.2, 0.25) is 0 Å². The van der Waals surface area contributed by atoms with E-state index in [9.17, 15) is 0 Å². The standard InChI is InChI=1S/C19H30N2/c1-4-18(14(2)3)21-13-17(15-10-11-15)20-12-19(21)16-8-6-5-7-9-16/h5-9,14-15,17-20H,4,10-13H2,1-3H3. The highest BCUT2D eigenvalue weighted by atomic mass is 15.3. The van der Waals surface area contributed by atoms with Crippen molar-refractivity contribution in [3.63, 3.8) is 0 Å². The molecule has 0 aromatic heterocycles. The number of nitrogens with one attached hydrogen (secondary N) is 1. The first-order valence-corrected chi connectivity index (χ1v) is 8.74. The number of benzene rings is 1. The summed E-state index contributed by atoms with van der Waals surface area (Å²) >= 11 is 0. The van der Waals surface area contributed by atoms with E-state index in [1.807, 2.05) is 0 Å². The Labute approximate surface area is 129 Å². The lowest BCUT2D eigenvalue weighted by Gasteiger charge is -2.46. The van der Waals surface area contributed by atoms with Crippen molar-refractivity contribution >= 4 is 0 Å². The third-order valence-electron chi connectivity index (χ3n) is 5.37. The largest absolute Gasteiger partial charge is 0.311 e. The second kappa shape index (κ2) is 6.50. The first kappa shape index (κ1) is 15.1. The van der Waals surface area contributed by atoms with Crippen LogP contribution in [-0.4, -0.2) is 30.1 Å². The van der Waals surface area contributed by atoms with E-state index < -0.39 is 0 Å². The zero-order chi connectivity index (χ0) is 14.8. The van der Waals surface area contributed by atoms with Crippen LogP contribution in [0.3, 0.4) is 0 Å². The van der Waals surface area contributed by atoms with Crippen molar-refractivity contribution in [1.82, 2.24) is 10.2 Å². The minimum Gasteiger partial charge on any atom is -0.311 e. The molecule has 116 valence electrons. The molecule has 2 aliphatic rings. The van der Waals surface area contributed by atoms with Crippen LogP contribution in [0.2, 0.25) is 0 Å². The van der Waals surface area contributed by atoms with Gasteiger partial charge < -0.3 is 5.32 Å². The molecule has 0 spiro atoms. The molecule has 1 aliphatic carbocycles. The first-order chi connectivity index (χ1) is 10.2. The van der Waals surface area contributed by atoms with Crippen molar-refractivity contribution in [1.29, 1.82) is 0 Å². The molecule has 3 atom stereocenters. The van der Waals surface area contributed by atoms with Gasteiger partial charge in [0.05, 0.1) is 0 Å². The Hall–Kier alpha value is -0.860. The number of hydrogen-bond donors (Lipinski definition) is 1. The van der Waals surface area contributed by atoms with E-state index in [4.69, 9.17) is 0 Å². The normalized spacial score (nSPS) is 28.8. The molecule has 1 aromatic rings. The Balaban J connectivity index is 1.82. The van der Waals surface area contributed by atoms with Crippen molar-refractivity contribution in [2.24, 2.45) is 11.8 Å².